The Morgan fingerprint density at radius 3 is 2.75 bits per heavy atom. The minimum atomic E-state index is -0.434. The molecular formula is C13H18ClN3O3. The maximum absolute atomic E-state index is 12.3. The minimum absolute atomic E-state index is 0. The van der Waals surface area contributed by atoms with E-state index in [2.05, 4.69) is 5.32 Å². The summed E-state index contributed by atoms with van der Waals surface area (Å²) in [7, 11) is 0. The molecule has 1 aromatic carbocycles. The molecule has 110 valence electrons. The average molecular weight is 300 g/mol. The van der Waals surface area contributed by atoms with Crippen LogP contribution >= 0.6 is 12.4 Å². The number of benzene rings is 1. The van der Waals surface area contributed by atoms with Crippen LogP contribution in [0.4, 0.5) is 5.69 Å². The molecule has 2 rings (SSSR count). The predicted octanol–water partition coefficient (Wildman–Crippen LogP) is 1.76. The summed E-state index contributed by atoms with van der Waals surface area (Å²) < 4.78 is 0. The third-order valence-electron chi connectivity index (χ3n) is 3.30. The highest BCUT2D eigenvalue weighted by Gasteiger charge is 2.22. The number of piperazine rings is 1. The van der Waals surface area contributed by atoms with E-state index in [1.165, 1.54) is 12.1 Å². The third-order valence-corrected chi connectivity index (χ3v) is 3.30. The molecular weight excluding hydrogens is 282 g/mol. The Bertz CT molecular complexity index is 522. The number of carbonyl (C=O) groups excluding carboxylic acids is 1. The van der Waals surface area contributed by atoms with E-state index < -0.39 is 4.92 Å². The van der Waals surface area contributed by atoms with Gasteiger partial charge in [0.1, 0.15) is 0 Å². The summed E-state index contributed by atoms with van der Waals surface area (Å²) in [5.41, 5.74) is 1.07. The Kier molecular flexibility index (Phi) is 5.47. The summed E-state index contributed by atoms with van der Waals surface area (Å²) in [5.74, 6) is -0.0636. The van der Waals surface area contributed by atoms with Gasteiger partial charge in [0.2, 0.25) is 0 Å². The lowest BCUT2D eigenvalue weighted by molar-refractivity contribution is -0.385. The van der Waals surface area contributed by atoms with Crippen molar-refractivity contribution in [2.45, 2.75) is 19.9 Å². The number of nitrogens with one attached hydrogen (secondary N) is 1. The first-order valence-electron chi connectivity index (χ1n) is 6.26. The van der Waals surface area contributed by atoms with Gasteiger partial charge < -0.3 is 10.2 Å². The first-order valence-corrected chi connectivity index (χ1v) is 6.26. The Hall–Kier alpha value is -1.66. The number of nitro groups is 1. The Balaban J connectivity index is 0.00000200. The first-order chi connectivity index (χ1) is 8.99. The van der Waals surface area contributed by atoms with Crippen LogP contribution in [0, 0.1) is 17.0 Å². The molecule has 1 aliphatic rings. The van der Waals surface area contributed by atoms with Gasteiger partial charge in [-0.3, -0.25) is 14.9 Å². The van der Waals surface area contributed by atoms with Gasteiger partial charge in [0, 0.05) is 42.9 Å². The molecule has 1 heterocycles. The van der Waals surface area contributed by atoms with Crippen LogP contribution in [0.15, 0.2) is 18.2 Å². The molecule has 0 unspecified atom stereocenters. The second-order valence-corrected chi connectivity index (χ2v) is 4.86. The van der Waals surface area contributed by atoms with Crippen LogP contribution in [0.3, 0.4) is 0 Å². The number of rotatable bonds is 2. The monoisotopic (exact) mass is 299 g/mol. The summed E-state index contributed by atoms with van der Waals surface area (Å²) in [5, 5.41) is 14.0. The van der Waals surface area contributed by atoms with Crippen LogP contribution in [0.2, 0.25) is 0 Å². The number of aryl methyl sites for hydroxylation is 1. The molecule has 1 saturated heterocycles. The summed E-state index contributed by atoms with van der Waals surface area (Å²) in [6, 6.07) is 4.79. The molecule has 0 radical (unpaired) electrons. The molecule has 1 amide bonds. The summed E-state index contributed by atoms with van der Waals surface area (Å²) in [6.45, 7) is 5.78. The van der Waals surface area contributed by atoms with E-state index in [0.29, 0.717) is 24.2 Å². The second-order valence-electron chi connectivity index (χ2n) is 4.86. The van der Waals surface area contributed by atoms with E-state index in [1.54, 1.807) is 17.9 Å². The molecule has 0 aliphatic carbocycles. The fourth-order valence-electron chi connectivity index (χ4n) is 2.29. The lowest BCUT2D eigenvalue weighted by atomic mass is 10.1. The standard InChI is InChI=1S/C13H17N3O3.ClH/c1-9-7-11(3-4-12(9)16(18)19)13(17)15-6-5-14-10(2)8-15;/h3-4,7,10,14H,5-6,8H2,1-2H3;1H/t10-;/m1./s1. The number of hydrogen-bond donors (Lipinski definition) is 1. The van der Waals surface area contributed by atoms with Gasteiger partial charge in [-0.15, -0.1) is 12.4 Å². The number of carbonyl (C=O) groups is 1. The van der Waals surface area contributed by atoms with Crippen LogP contribution in [0.25, 0.3) is 0 Å². The van der Waals surface area contributed by atoms with E-state index in [-0.39, 0.29) is 30.0 Å². The molecule has 1 fully saturated rings. The van der Waals surface area contributed by atoms with E-state index >= 15 is 0 Å². The molecule has 1 aliphatic heterocycles. The number of nitrogens with zero attached hydrogens (tertiary/aromatic N) is 2. The van der Waals surface area contributed by atoms with Gasteiger partial charge in [-0.1, -0.05) is 0 Å². The van der Waals surface area contributed by atoms with Crippen LogP contribution in [-0.4, -0.2) is 41.4 Å². The highest BCUT2D eigenvalue weighted by molar-refractivity contribution is 5.94. The molecule has 0 aromatic heterocycles. The second kappa shape index (κ2) is 6.67. The number of nitro benzene ring substituents is 1. The summed E-state index contributed by atoms with van der Waals surface area (Å²) >= 11 is 0. The lowest BCUT2D eigenvalue weighted by Gasteiger charge is -2.32. The van der Waals surface area contributed by atoms with Crippen molar-refractivity contribution in [3.63, 3.8) is 0 Å². The van der Waals surface area contributed by atoms with Crippen LogP contribution < -0.4 is 5.32 Å². The van der Waals surface area contributed by atoms with Crippen molar-refractivity contribution in [3.05, 3.63) is 39.4 Å². The van der Waals surface area contributed by atoms with Crippen molar-refractivity contribution in [2.24, 2.45) is 0 Å². The topological polar surface area (TPSA) is 75.5 Å². The minimum Gasteiger partial charge on any atom is -0.336 e. The zero-order valence-electron chi connectivity index (χ0n) is 11.5. The maximum atomic E-state index is 12.3. The fraction of sp³-hybridized carbons (Fsp3) is 0.462. The third kappa shape index (κ3) is 3.46. The molecule has 1 atom stereocenters. The molecule has 0 spiro atoms. The van der Waals surface area contributed by atoms with Gasteiger partial charge >= 0.3 is 0 Å². The van der Waals surface area contributed by atoms with Gasteiger partial charge in [0.05, 0.1) is 4.92 Å². The average Bonchev–Trinajstić information content (AvgIpc) is 2.37. The van der Waals surface area contributed by atoms with E-state index in [4.69, 9.17) is 0 Å². The number of hydrogen-bond acceptors (Lipinski definition) is 4. The van der Waals surface area contributed by atoms with Gasteiger partial charge in [-0.05, 0) is 26.0 Å². The first kappa shape index (κ1) is 16.4. The highest BCUT2D eigenvalue weighted by Crippen LogP contribution is 2.20. The summed E-state index contributed by atoms with van der Waals surface area (Å²) in [4.78, 5) is 24.4. The molecule has 6 nitrogen and oxygen atoms in total. The Labute approximate surface area is 123 Å². The van der Waals surface area contributed by atoms with Gasteiger partial charge in [-0.2, -0.15) is 0 Å². The van der Waals surface area contributed by atoms with Crippen LogP contribution in [-0.2, 0) is 0 Å². The lowest BCUT2D eigenvalue weighted by Crippen LogP contribution is -2.51. The Morgan fingerprint density at radius 1 is 1.50 bits per heavy atom. The molecule has 0 saturated carbocycles. The fourth-order valence-corrected chi connectivity index (χ4v) is 2.29. The van der Waals surface area contributed by atoms with Crippen molar-refractivity contribution >= 4 is 24.0 Å². The van der Waals surface area contributed by atoms with Crippen molar-refractivity contribution in [1.82, 2.24) is 10.2 Å². The van der Waals surface area contributed by atoms with E-state index in [0.717, 1.165) is 6.54 Å². The van der Waals surface area contributed by atoms with Gasteiger partial charge in [-0.25, -0.2) is 0 Å². The smallest absolute Gasteiger partial charge is 0.272 e. The quantitative estimate of drug-likeness (QED) is 0.667. The Morgan fingerprint density at radius 2 is 2.20 bits per heavy atom. The van der Waals surface area contributed by atoms with Crippen molar-refractivity contribution in [3.8, 4) is 0 Å². The molecule has 0 bridgehead atoms. The highest BCUT2D eigenvalue weighted by atomic mass is 35.5. The molecule has 7 heteroatoms. The van der Waals surface area contributed by atoms with Crippen molar-refractivity contribution < 1.29 is 9.72 Å². The normalized spacial score (nSPS) is 18.3. The molecule has 1 aromatic rings. The van der Waals surface area contributed by atoms with Crippen LogP contribution in [0.1, 0.15) is 22.8 Å². The predicted molar refractivity (Wildman–Crippen MR) is 78.4 cm³/mol. The number of halogens is 1. The van der Waals surface area contributed by atoms with E-state index in [9.17, 15) is 14.9 Å². The largest absolute Gasteiger partial charge is 0.336 e. The number of amides is 1. The van der Waals surface area contributed by atoms with E-state index in [1.807, 2.05) is 6.92 Å². The van der Waals surface area contributed by atoms with Crippen molar-refractivity contribution in [2.75, 3.05) is 19.6 Å². The zero-order valence-corrected chi connectivity index (χ0v) is 12.3. The molecule has 1 N–H and O–H groups in total. The SMILES string of the molecule is Cc1cc(C(=O)N2CCN[C@H](C)C2)ccc1[N+](=O)[O-].Cl. The zero-order chi connectivity index (χ0) is 14.0. The maximum Gasteiger partial charge on any atom is 0.272 e. The van der Waals surface area contributed by atoms with Crippen LogP contribution in [0.5, 0.6) is 0 Å². The van der Waals surface area contributed by atoms with Crippen molar-refractivity contribution in [1.29, 1.82) is 0 Å². The van der Waals surface area contributed by atoms with Gasteiger partial charge in [0.25, 0.3) is 11.6 Å². The molecule has 20 heavy (non-hydrogen) atoms. The summed E-state index contributed by atoms with van der Waals surface area (Å²) in [6.07, 6.45) is 0. The van der Waals surface area contributed by atoms with Gasteiger partial charge in [0.15, 0.2) is 0 Å².